The number of rotatable bonds is 5. The molecule has 0 aliphatic heterocycles. The summed E-state index contributed by atoms with van der Waals surface area (Å²) in [6.45, 7) is 6.42. The molecule has 1 rings (SSSR count). The van der Waals surface area contributed by atoms with Crippen molar-refractivity contribution in [1.29, 1.82) is 0 Å². The van der Waals surface area contributed by atoms with Crippen LogP contribution in [-0.2, 0) is 11.2 Å². The van der Waals surface area contributed by atoms with E-state index in [1.165, 1.54) is 11.1 Å². The zero-order valence-corrected chi connectivity index (χ0v) is 13.0. The molecule has 0 saturated heterocycles. The SMILES string of the molecule is Cc1ccc(CC(C)N(C)C(=O)C(C)CN)cc1.Cl. The number of nitrogens with zero attached hydrogens (tertiary/aromatic N) is 1. The predicted octanol–water partition coefficient (Wildman–Crippen LogP) is 2.40. The summed E-state index contributed by atoms with van der Waals surface area (Å²) in [7, 11) is 1.85. The van der Waals surface area contributed by atoms with Gasteiger partial charge >= 0.3 is 0 Å². The first kappa shape index (κ1) is 17.9. The van der Waals surface area contributed by atoms with Crippen LogP contribution in [-0.4, -0.2) is 30.4 Å². The lowest BCUT2D eigenvalue weighted by Crippen LogP contribution is -2.41. The molecule has 0 spiro atoms. The first-order valence-electron chi connectivity index (χ1n) is 6.48. The molecule has 0 aromatic heterocycles. The Morgan fingerprint density at radius 1 is 1.26 bits per heavy atom. The highest BCUT2D eigenvalue weighted by molar-refractivity contribution is 5.85. The van der Waals surface area contributed by atoms with Gasteiger partial charge in [-0.25, -0.2) is 0 Å². The lowest BCUT2D eigenvalue weighted by molar-refractivity contribution is -0.135. The lowest BCUT2D eigenvalue weighted by atomic mass is 10.0. The van der Waals surface area contributed by atoms with Gasteiger partial charge < -0.3 is 10.6 Å². The van der Waals surface area contributed by atoms with Gasteiger partial charge in [0, 0.05) is 25.6 Å². The molecule has 108 valence electrons. The largest absolute Gasteiger partial charge is 0.342 e. The summed E-state index contributed by atoms with van der Waals surface area (Å²) >= 11 is 0. The van der Waals surface area contributed by atoms with Crippen molar-refractivity contribution in [3.63, 3.8) is 0 Å². The summed E-state index contributed by atoms with van der Waals surface area (Å²) in [5.74, 6) is 0.0209. The van der Waals surface area contributed by atoms with Gasteiger partial charge in [0.2, 0.25) is 5.91 Å². The first-order valence-corrected chi connectivity index (χ1v) is 6.48. The van der Waals surface area contributed by atoms with Crippen molar-refractivity contribution in [2.24, 2.45) is 11.7 Å². The molecule has 0 saturated carbocycles. The van der Waals surface area contributed by atoms with E-state index in [0.29, 0.717) is 6.54 Å². The van der Waals surface area contributed by atoms with Gasteiger partial charge in [-0.1, -0.05) is 36.8 Å². The Kier molecular flexibility index (Phi) is 7.72. The molecule has 2 unspecified atom stereocenters. The number of carbonyl (C=O) groups excluding carboxylic acids is 1. The smallest absolute Gasteiger partial charge is 0.226 e. The summed E-state index contributed by atoms with van der Waals surface area (Å²) in [5, 5.41) is 0. The number of halogens is 1. The van der Waals surface area contributed by atoms with E-state index in [0.717, 1.165) is 6.42 Å². The van der Waals surface area contributed by atoms with Crippen LogP contribution in [0.5, 0.6) is 0 Å². The van der Waals surface area contributed by atoms with Gasteiger partial charge in [-0.3, -0.25) is 4.79 Å². The van der Waals surface area contributed by atoms with Crippen LogP contribution in [0, 0.1) is 12.8 Å². The number of nitrogens with two attached hydrogens (primary N) is 1. The molecule has 0 bridgehead atoms. The Morgan fingerprint density at radius 3 is 2.26 bits per heavy atom. The molecule has 1 aromatic rings. The number of aryl methyl sites for hydroxylation is 1. The van der Waals surface area contributed by atoms with Crippen molar-refractivity contribution >= 4 is 18.3 Å². The quantitative estimate of drug-likeness (QED) is 0.902. The van der Waals surface area contributed by atoms with Crippen LogP contribution in [0.2, 0.25) is 0 Å². The number of likely N-dealkylation sites (N-methyl/N-ethyl adjacent to an activating group) is 1. The van der Waals surface area contributed by atoms with Gasteiger partial charge in [0.1, 0.15) is 0 Å². The summed E-state index contributed by atoms with van der Waals surface area (Å²) < 4.78 is 0. The van der Waals surface area contributed by atoms with Crippen LogP contribution in [0.4, 0.5) is 0 Å². The Hall–Kier alpha value is -1.06. The number of benzene rings is 1. The molecule has 0 heterocycles. The third-order valence-electron chi connectivity index (χ3n) is 3.44. The van der Waals surface area contributed by atoms with E-state index >= 15 is 0 Å². The highest BCUT2D eigenvalue weighted by Gasteiger charge is 2.20. The number of hydrogen-bond donors (Lipinski definition) is 1. The second-order valence-corrected chi connectivity index (χ2v) is 5.12. The fourth-order valence-corrected chi connectivity index (χ4v) is 1.87. The maximum Gasteiger partial charge on any atom is 0.226 e. The highest BCUT2D eigenvalue weighted by Crippen LogP contribution is 2.11. The summed E-state index contributed by atoms with van der Waals surface area (Å²) in [6.07, 6.45) is 0.875. The van der Waals surface area contributed by atoms with E-state index in [2.05, 4.69) is 38.1 Å². The van der Waals surface area contributed by atoms with E-state index in [-0.39, 0.29) is 30.3 Å². The van der Waals surface area contributed by atoms with Gasteiger partial charge in [0.05, 0.1) is 0 Å². The summed E-state index contributed by atoms with van der Waals surface area (Å²) in [6, 6.07) is 8.64. The zero-order chi connectivity index (χ0) is 13.7. The van der Waals surface area contributed by atoms with Crippen LogP contribution in [0.3, 0.4) is 0 Å². The molecule has 0 aliphatic rings. The topological polar surface area (TPSA) is 46.3 Å². The second-order valence-electron chi connectivity index (χ2n) is 5.12. The van der Waals surface area contributed by atoms with Crippen LogP contribution in [0.25, 0.3) is 0 Å². The van der Waals surface area contributed by atoms with Crippen molar-refractivity contribution in [3.8, 4) is 0 Å². The molecule has 0 fully saturated rings. The number of hydrogen-bond acceptors (Lipinski definition) is 2. The fraction of sp³-hybridized carbons (Fsp3) is 0.533. The highest BCUT2D eigenvalue weighted by atomic mass is 35.5. The number of carbonyl (C=O) groups is 1. The first-order chi connectivity index (χ1) is 8.45. The van der Waals surface area contributed by atoms with Gasteiger partial charge in [-0.15, -0.1) is 12.4 Å². The Balaban J connectivity index is 0.00000324. The Labute approximate surface area is 122 Å². The molecular formula is C15H25ClN2O. The molecule has 2 N–H and O–H groups in total. The van der Waals surface area contributed by atoms with Crippen molar-refractivity contribution in [2.75, 3.05) is 13.6 Å². The minimum absolute atomic E-state index is 0. The maximum atomic E-state index is 12.0. The molecule has 0 radical (unpaired) electrons. The third-order valence-corrected chi connectivity index (χ3v) is 3.44. The standard InChI is InChI=1S/C15H24N2O.ClH/c1-11-5-7-14(8-6-11)9-13(3)17(4)15(18)12(2)10-16;/h5-8,12-13H,9-10,16H2,1-4H3;1H. The van der Waals surface area contributed by atoms with E-state index in [1.54, 1.807) is 4.90 Å². The van der Waals surface area contributed by atoms with Crippen molar-refractivity contribution in [2.45, 2.75) is 33.2 Å². The molecule has 3 nitrogen and oxygen atoms in total. The fourth-order valence-electron chi connectivity index (χ4n) is 1.87. The lowest BCUT2D eigenvalue weighted by Gasteiger charge is -2.27. The van der Waals surface area contributed by atoms with Crippen LogP contribution >= 0.6 is 12.4 Å². The minimum atomic E-state index is -0.101. The van der Waals surface area contributed by atoms with E-state index in [4.69, 9.17) is 5.73 Å². The van der Waals surface area contributed by atoms with Gasteiger partial charge in [0.15, 0.2) is 0 Å². The van der Waals surface area contributed by atoms with Gasteiger partial charge in [-0.2, -0.15) is 0 Å². The molecule has 0 aliphatic carbocycles. The van der Waals surface area contributed by atoms with Gasteiger partial charge in [-0.05, 0) is 25.8 Å². The second kappa shape index (κ2) is 8.18. The molecule has 1 amide bonds. The van der Waals surface area contributed by atoms with Crippen LogP contribution < -0.4 is 5.73 Å². The average molecular weight is 285 g/mol. The molecule has 19 heavy (non-hydrogen) atoms. The maximum absolute atomic E-state index is 12.0. The summed E-state index contributed by atoms with van der Waals surface area (Å²) in [5.41, 5.74) is 8.05. The molecule has 4 heteroatoms. The summed E-state index contributed by atoms with van der Waals surface area (Å²) in [4.78, 5) is 13.8. The van der Waals surface area contributed by atoms with Crippen LogP contribution in [0.1, 0.15) is 25.0 Å². The van der Waals surface area contributed by atoms with Crippen molar-refractivity contribution < 1.29 is 4.79 Å². The molecule has 1 aromatic carbocycles. The average Bonchev–Trinajstić information content (AvgIpc) is 2.38. The molecule has 2 atom stereocenters. The van der Waals surface area contributed by atoms with E-state index in [9.17, 15) is 4.79 Å². The monoisotopic (exact) mass is 284 g/mol. The van der Waals surface area contributed by atoms with Gasteiger partial charge in [0.25, 0.3) is 0 Å². The van der Waals surface area contributed by atoms with E-state index in [1.807, 2.05) is 14.0 Å². The Morgan fingerprint density at radius 2 is 1.79 bits per heavy atom. The van der Waals surface area contributed by atoms with E-state index < -0.39 is 0 Å². The Bertz CT molecular complexity index is 392. The molecular weight excluding hydrogens is 260 g/mol. The van der Waals surface area contributed by atoms with Crippen molar-refractivity contribution in [3.05, 3.63) is 35.4 Å². The van der Waals surface area contributed by atoms with Crippen molar-refractivity contribution in [1.82, 2.24) is 4.90 Å². The third kappa shape index (κ3) is 5.21. The van der Waals surface area contributed by atoms with Crippen LogP contribution in [0.15, 0.2) is 24.3 Å². The predicted molar refractivity (Wildman–Crippen MR) is 82.6 cm³/mol. The normalized spacial score (nSPS) is 13.3. The zero-order valence-electron chi connectivity index (χ0n) is 12.2. The number of amides is 1. The minimum Gasteiger partial charge on any atom is -0.342 e.